The van der Waals surface area contributed by atoms with E-state index < -0.39 is 17.4 Å². The van der Waals surface area contributed by atoms with Crippen molar-refractivity contribution in [3.05, 3.63) is 65.5 Å². The van der Waals surface area contributed by atoms with Crippen LogP contribution in [0.25, 0.3) is 11.0 Å². The summed E-state index contributed by atoms with van der Waals surface area (Å²) in [6.45, 7) is 1.75. The van der Waals surface area contributed by atoms with E-state index in [1.807, 2.05) is 24.3 Å². The Hall–Kier alpha value is -2.56. The average Bonchev–Trinajstić information content (AvgIpc) is 2.75. The minimum absolute atomic E-state index is 0.0328. The number of imidazole rings is 1. The van der Waals surface area contributed by atoms with Gasteiger partial charge in [0.2, 0.25) is 0 Å². The zero-order valence-electron chi connectivity index (χ0n) is 11.3. The van der Waals surface area contributed by atoms with Gasteiger partial charge in [0.1, 0.15) is 17.5 Å². The fraction of sp³-hybridized carbons (Fsp3) is 0.125. The van der Waals surface area contributed by atoms with E-state index in [1.54, 1.807) is 11.5 Å². The van der Waals surface area contributed by atoms with Gasteiger partial charge in [-0.3, -0.25) is 4.79 Å². The van der Waals surface area contributed by atoms with E-state index in [1.165, 1.54) is 6.07 Å². The van der Waals surface area contributed by atoms with Crippen molar-refractivity contribution in [2.24, 2.45) is 0 Å². The molecule has 0 aliphatic rings. The quantitative estimate of drug-likeness (QED) is 0.691. The van der Waals surface area contributed by atoms with Gasteiger partial charge in [0.15, 0.2) is 5.78 Å². The van der Waals surface area contributed by atoms with E-state index in [9.17, 15) is 13.6 Å². The Kier molecular flexibility index (Phi) is 3.25. The Morgan fingerprint density at radius 2 is 1.95 bits per heavy atom. The summed E-state index contributed by atoms with van der Waals surface area (Å²) in [7, 11) is 0. The molecule has 0 spiro atoms. The van der Waals surface area contributed by atoms with Crippen molar-refractivity contribution in [1.29, 1.82) is 0 Å². The van der Waals surface area contributed by atoms with Crippen LogP contribution < -0.4 is 0 Å². The molecule has 0 N–H and O–H groups in total. The minimum Gasteiger partial charge on any atom is -0.320 e. The van der Waals surface area contributed by atoms with Gasteiger partial charge in [-0.15, -0.1) is 0 Å². The minimum atomic E-state index is -0.845. The molecule has 0 saturated heterocycles. The van der Waals surface area contributed by atoms with E-state index in [2.05, 4.69) is 4.98 Å². The number of ketones is 1. The topological polar surface area (TPSA) is 34.9 Å². The van der Waals surface area contributed by atoms with Gasteiger partial charge in [-0.1, -0.05) is 12.1 Å². The van der Waals surface area contributed by atoms with E-state index in [-0.39, 0.29) is 12.1 Å². The van der Waals surface area contributed by atoms with Gasteiger partial charge in [-0.25, -0.2) is 13.8 Å². The number of nitrogens with zero attached hydrogens (tertiary/aromatic N) is 2. The van der Waals surface area contributed by atoms with Crippen LogP contribution in [0.2, 0.25) is 0 Å². The number of carbonyl (C=O) groups excluding carboxylic acids is 1. The predicted molar refractivity (Wildman–Crippen MR) is 75.2 cm³/mol. The third kappa shape index (κ3) is 2.42. The van der Waals surface area contributed by atoms with Gasteiger partial charge in [0.05, 0.1) is 23.1 Å². The van der Waals surface area contributed by atoms with Gasteiger partial charge in [-0.05, 0) is 31.2 Å². The molecule has 5 heteroatoms. The van der Waals surface area contributed by atoms with Crippen molar-refractivity contribution in [2.75, 3.05) is 0 Å². The smallest absolute Gasteiger partial charge is 0.185 e. The second-order valence-electron chi connectivity index (χ2n) is 4.78. The number of aryl methyl sites for hydroxylation is 1. The van der Waals surface area contributed by atoms with Crippen LogP contribution in [0.3, 0.4) is 0 Å². The maximum atomic E-state index is 13.7. The first-order valence-corrected chi connectivity index (χ1v) is 6.46. The van der Waals surface area contributed by atoms with Gasteiger partial charge in [0, 0.05) is 6.07 Å². The Balaban J connectivity index is 1.98. The lowest BCUT2D eigenvalue weighted by Gasteiger charge is -2.07. The summed E-state index contributed by atoms with van der Waals surface area (Å²) in [4.78, 5) is 16.6. The number of fused-ring (bicyclic) bond motifs is 1. The van der Waals surface area contributed by atoms with Gasteiger partial charge >= 0.3 is 0 Å². The van der Waals surface area contributed by atoms with Crippen molar-refractivity contribution in [1.82, 2.24) is 9.55 Å². The molecule has 0 aliphatic heterocycles. The largest absolute Gasteiger partial charge is 0.320 e. The summed E-state index contributed by atoms with van der Waals surface area (Å²) in [6, 6.07) is 10.4. The van der Waals surface area contributed by atoms with Gasteiger partial charge < -0.3 is 4.57 Å². The standard InChI is InChI=1S/C16H12F2N2O/c1-10-19-14-4-2-3-5-15(14)20(10)9-16(21)12-7-6-11(17)8-13(12)18/h2-8H,9H2,1H3. The highest BCUT2D eigenvalue weighted by Gasteiger charge is 2.16. The van der Waals surface area contributed by atoms with E-state index in [4.69, 9.17) is 0 Å². The second kappa shape index (κ2) is 5.09. The van der Waals surface area contributed by atoms with Crippen LogP contribution in [-0.2, 0) is 6.54 Å². The average molecular weight is 286 g/mol. The van der Waals surface area contributed by atoms with Crippen LogP contribution in [0, 0.1) is 18.6 Å². The normalized spacial score (nSPS) is 11.0. The molecular weight excluding hydrogens is 274 g/mol. The molecule has 0 bridgehead atoms. The van der Waals surface area contributed by atoms with Crippen LogP contribution >= 0.6 is 0 Å². The lowest BCUT2D eigenvalue weighted by atomic mass is 10.1. The highest BCUT2D eigenvalue weighted by Crippen LogP contribution is 2.17. The van der Waals surface area contributed by atoms with Crippen LogP contribution in [0.4, 0.5) is 8.78 Å². The fourth-order valence-electron chi connectivity index (χ4n) is 2.34. The van der Waals surface area contributed by atoms with Crippen LogP contribution in [0.1, 0.15) is 16.2 Å². The predicted octanol–water partition coefficient (Wildman–Crippen LogP) is 3.51. The molecule has 0 amide bonds. The molecule has 0 aliphatic carbocycles. The van der Waals surface area contributed by atoms with Crippen molar-refractivity contribution >= 4 is 16.8 Å². The maximum absolute atomic E-state index is 13.7. The first kappa shape index (κ1) is 13.4. The molecule has 0 radical (unpaired) electrons. The number of Topliss-reactive ketones (excluding diaryl/α,β-unsaturated/α-hetero) is 1. The fourth-order valence-corrected chi connectivity index (χ4v) is 2.34. The number of carbonyl (C=O) groups is 1. The molecule has 0 fully saturated rings. The van der Waals surface area contributed by atoms with Crippen molar-refractivity contribution < 1.29 is 13.6 Å². The first-order valence-electron chi connectivity index (χ1n) is 6.46. The molecule has 3 rings (SSSR count). The number of para-hydroxylation sites is 2. The number of hydrogen-bond acceptors (Lipinski definition) is 2. The maximum Gasteiger partial charge on any atom is 0.185 e. The highest BCUT2D eigenvalue weighted by molar-refractivity contribution is 5.97. The van der Waals surface area contributed by atoms with E-state index in [0.717, 1.165) is 17.1 Å². The summed E-state index contributed by atoms with van der Waals surface area (Å²) in [5.41, 5.74) is 1.47. The third-order valence-corrected chi connectivity index (χ3v) is 3.38. The molecule has 106 valence electrons. The monoisotopic (exact) mass is 286 g/mol. The summed E-state index contributed by atoms with van der Waals surface area (Å²) < 4.78 is 28.3. The third-order valence-electron chi connectivity index (χ3n) is 3.38. The molecule has 1 heterocycles. The number of hydrogen-bond donors (Lipinski definition) is 0. The molecule has 3 aromatic rings. The Morgan fingerprint density at radius 3 is 2.71 bits per heavy atom. The second-order valence-corrected chi connectivity index (χ2v) is 4.78. The number of halogens is 2. The Labute approximate surface area is 119 Å². The zero-order chi connectivity index (χ0) is 15.0. The first-order chi connectivity index (χ1) is 10.1. The van der Waals surface area contributed by atoms with Crippen molar-refractivity contribution in [2.45, 2.75) is 13.5 Å². The van der Waals surface area contributed by atoms with E-state index in [0.29, 0.717) is 11.9 Å². The zero-order valence-corrected chi connectivity index (χ0v) is 11.3. The summed E-state index contributed by atoms with van der Waals surface area (Å²) in [6.07, 6.45) is 0. The van der Waals surface area contributed by atoms with Gasteiger partial charge in [-0.2, -0.15) is 0 Å². The Bertz CT molecular complexity index is 839. The molecular formula is C16H12F2N2O. The summed E-state index contributed by atoms with van der Waals surface area (Å²) in [5, 5.41) is 0. The molecule has 3 nitrogen and oxygen atoms in total. The summed E-state index contributed by atoms with van der Waals surface area (Å²) in [5.74, 6) is -1.29. The van der Waals surface area contributed by atoms with Crippen molar-refractivity contribution in [3.8, 4) is 0 Å². The molecule has 1 aromatic heterocycles. The molecule has 0 saturated carbocycles. The van der Waals surface area contributed by atoms with Crippen LogP contribution in [-0.4, -0.2) is 15.3 Å². The van der Waals surface area contributed by atoms with E-state index >= 15 is 0 Å². The van der Waals surface area contributed by atoms with Crippen LogP contribution in [0.15, 0.2) is 42.5 Å². The van der Waals surface area contributed by atoms with Crippen LogP contribution in [0.5, 0.6) is 0 Å². The molecule has 2 aromatic carbocycles. The lowest BCUT2D eigenvalue weighted by molar-refractivity contribution is 0.0968. The molecule has 0 atom stereocenters. The number of benzene rings is 2. The van der Waals surface area contributed by atoms with Gasteiger partial charge in [0.25, 0.3) is 0 Å². The molecule has 21 heavy (non-hydrogen) atoms. The lowest BCUT2D eigenvalue weighted by Crippen LogP contribution is -2.13. The molecule has 0 unspecified atom stereocenters. The number of rotatable bonds is 3. The number of aromatic nitrogens is 2. The highest BCUT2D eigenvalue weighted by atomic mass is 19.1. The Morgan fingerprint density at radius 1 is 1.19 bits per heavy atom. The SMILES string of the molecule is Cc1nc2ccccc2n1CC(=O)c1ccc(F)cc1F. The summed E-state index contributed by atoms with van der Waals surface area (Å²) >= 11 is 0. The van der Waals surface area contributed by atoms with Crippen molar-refractivity contribution in [3.63, 3.8) is 0 Å².